The molecule has 21 heavy (non-hydrogen) atoms. The molecule has 0 atom stereocenters. The predicted molar refractivity (Wildman–Crippen MR) is 81.6 cm³/mol. The van der Waals surface area contributed by atoms with Crippen molar-refractivity contribution in [3.8, 4) is 5.75 Å². The fourth-order valence-corrected chi connectivity index (χ4v) is 1.67. The summed E-state index contributed by atoms with van der Waals surface area (Å²) in [4.78, 5) is 23.3. The first-order valence-electron chi connectivity index (χ1n) is 6.62. The Labute approximate surface area is 124 Å². The van der Waals surface area contributed by atoms with Crippen LogP contribution < -0.4 is 15.5 Å². The summed E-state index contributed by atoms with van der Waals surface area (Å²) in [5, 5.41) is 3.70. The van der Waals surface area contributed by atoms with Gasteiger partial charge in [-0.1, -0.05) is 12.1 Å². The maximum absolute atomic E-state index is 11.9. The lowest BCUT2D eigenvalue weighted by atomic mass is 10.1. The van der Waals surface area contributed by atoms with E-state index in [1.165, 1.54) is 13.1 Å². The summed E-state index contributed by atoms with van der Waals surface area (Å²) in [6.07, 6.45) is 1.44. The van der Waals surface area contributed by atoms with E-state index in [-0.39, 0.29) is 11.9 Å². The number of benzene rings is 1. The summed E-state index contributed by atoms with van der Waals surface area (Å²) in [6.45, 7) is 4.12. The highest BCUT2D eigenvalue weighted by Crippen LogP contribution is 2.19. The summed E-state index contributed by atoms with van der Waals surface area (Å²) >= 11 is 0. The second kappa shape index (κ2) is 7.94. The molecule has 0 bridgehead atoms. The molecule has 6 heteroatoms. The van der Waals surface area contributed by atoms with E-state index in [0.29, 0.717) is 6.54 Å². The minimum Gasteiger partial charge on any atom is -0.497 e. The highest BCUT2D eigenvalue weighted by molar-refractivity contribution is 5.95. The molecule has 0 aromatic heterocycles. The molecular formula is C15H21N3O3. The van der Waals surface area contributed by atoms with E-state index >= 15 is 0 Å². The van der Waals surface area contributed by atoms with Crippen LogP contribution >= 0.6 is 0 Å². The van der Waals surface area contributed by atoms with Crippen molar-refractivity contribution in [3.05, 3.63) is 35.9 Å². The third kappa shape index (κ3) is 5.18. The molecule has 114 valence electrons. The highest BCUT2D eigenvalue weighted by atomic mass is 16.5. The van der Waals surface area contributed by atoms with Crippen molar-refractivity contribution in [1.29, 1.82) is 0 Å². The fourth-order valence-electron chi connectivity index (χ4n) is 1.67. The molecule has 0 aliphatic heterocycles. The molecular weight excluding hydrogens is 270 g/mol. The molecule has 1 aromatic carbocycles. The SMILES string of the molecule is CCNC(=O)N(C)NC(=O)/C=C(\C)c1cccc(OC)c1. The number of hydrogen-bond acceptors (Lipinski definition) is 3. The second-order valence-corrected chi connectivity index (χ2v) is 4.43. The molecule has 0 radical (unpaired) electrons. The van der Waals surface area contributed by atoms with Gasteiger partial charge in [0.25, 0.3) is 5.91 Å². The van der Waals surface area contributed by atoms with Gasteiger partial charge in [-0.25, -0.2) is 9.80 Å². The van der Waals surface area contributed by atoms with Gasteiger partial charge in [-0.2, -0.15) is 0 Å². The van der Waals surface area contributed by atoms with Crippen molar-refractivity contribution in [3.63, 3.8) is 0 Å². The number of amides is 3. The Hall–Kier alpha value is -2.50. The average molecular weight is 291 g/mol. The zero-order valence-electron chi connectivity index (χ0n) is 12.8. The van der Waals surface area contributed by atoms with E-state index in [4.69, 9.17) is 4.74 Å². The number of carbonyl (C=O) groups excluding carboxylic acids is 2. The van der Waals surface area contributed by atoms with Crippen molar-refractivity contribution in [2.45, 2.75) is 13.8 Å². The molecule has 0 saturated heterocycles. The van der Waals surface area contributed by atoms with Gasteiger partial charge in [-0.05, 0) is 37.1 Å². The standard InChI is InChI=1S/C15H21N3O3/c1-5-16-15(20)18(3)17-14(19)9-11(2)12-7-6-8-13(10-12)21-4/h6-10H,5H2,1-4H3,(H,16,20)(H,17,19)/b11-9+. The Morgan fingerprint density at radius 2 is 2.10 bits per heavy atom. The van der Waals surface area contributed by atoms with Crippen molar-refractivity contribution in [2.75, 3.05) is 20.7 Å². The number of urea groups is 1. The summed E-state index contributed by atoms with van der Waals surface area (Å²) in [5.41, 5.74) is 4.12. The Morgan fingerprint density at radius 1 is 1.38 bits per heavy atom. The average Bonchev–Trinajstić information content (AvgIpc) is 2.47. The lowest BCUT2D eigenvalue weighted by Gasteiger charge is -2.17. The van der Waals surface area contributed by atoms with Gasteiger partial charge in [0.05, 0.1) is 7.11 Å². The second-order valence-electron chi connectivity index (χ2n) is 4.43. The van der Waals surface area contributed by atoms with Gasteiger partial charge in [-0.3, -0.25) is 10.2 Å². The van der Waals surface area contributed by atoms with E-state index in [9.17, 15) is 9.59 Å². The normalized spacial score (nSPS) is 10.8. The summed E-state index contributed by atoms with van der Waals surface area (Å²) in [7, 11) is 3.07. The molecule has 3 amide bonds. The van der Waals surface area contributed by atoms with Crippen LogP contribution in [0.5, 0.6) is 5.75 Å². The van der Waals surface area contributed by atoms with Crippen LogP contribution in [0.1, 0.15) is 19.4 Å². The Kier molecular flexibility index (Phi) is 6.26. The first-order valence-corrected chi connectivity index (χ1v) is 6.62. The zero-order valence-corrected chi connectivity index (χ0v) is 12.8. The van der Waals surface area contributed by atoms with Gasteiger partial charge in [0.1, 0.15) is 5.75 Å². The molecule has 0 aliphatic rings. The van der Waals surface area contributed by atoms with Crippen LogP contribution in [-0.4, -0.2) is 37.6 Å². The number of carbonyl (C=O) groups is 2. The van der Waals surface area contributed by atoms with E-state index in [1.54, 1.807) is 14.0 Å². The van der Waals surface area contributed by atoms with Gasteiger partial charge in [0.15, 0.2) is 0 Å². The molecule has 2 N–H and O–H groups in total. The van der Waals surface area contributed by atoms with Crippen molar-refractivity contribution in [2.24, 2.45) is 0 Å². The van der Waals surface area contributed by atoms with E-state index in [1.807, 2.05) is 31.2 Å². The van der Waals surface area contributed by atoms with Crippen LogP contribution in [0.2, 0.25) is 0 Å². The number of nitrogens with zero attached hydrogens (tertiary/aromatic N) is 1. The first-order chi connectivity index (χ1) is 9.97. The number of nitrogens with one attached hydrogen (secondary N) is 2. The van der Waals surface area contributed by atoms with Crippen LogP contribution in [-0.2, 0) is 4.79 Å². The molecule has 1 aromatic rings. The van der Waals surface area contributed by atoms with Crippen LogP contribution in [0, 0.1) is 0 Å². The number of hydrazine groups is 1. The lowest BCUT2D eigenvalue weighted by molar-refractivity contribution is -0.119. The van der Waals surface area contributed by atoms with Gasteiger partial charge in [-0.15, -0.1) is 0 Å². The molecule has 0 heterocycles. The molecule has 0 aliphatic carbocycles. The Bertz CT molecular complexity index is 541. The lowest BCUT2D eigenvalue weighted by Crippen LogP contribution is -2.47. The zero-order chi connectivity index (χ0) is 15.8. The van der Waals surface area contributed by atoms with Crippen LogP contribution in [0.25, 0.3) is 5.57 Å². The number of hydrogen-bond donors (Lipinski definition) is 2. The monoisotopic (exact) mass is 291 g/mol. The topological polar surface area (TPSA) is 70.7 Å². The summed E-state index contributed by atoms with van der Waals surface area (Å²) in [5.74, 6) is 0.351. The Balaban J connectivity index is 2.72. The number of allylic oxidation sites excluding steroid dienone is 1. The fraction of sp³-hybridized carbons (Fsp3) is 0.333. The van der Waals surface area contributed by atoms with Gasteiger partial charge < -0.3 is 10.1 Å². The molecule has 0 spiro atoms. The predicted octanol–water partition coefficient (Wildman–Crippen LogP) is 1.79. The highest BCUT2D eigenvalue weighted by Gasteiger charge is 2.09. The summed E-state index contributed by atoms with van der Waals surface area (Å²) < 4.78 is 5.14. The molecule has 1 rings (SSSR count). The third-order valence-corrected chi connectivity index (χ3v) is 2.78. The Morgan fingerprint density at radius 3 is 2.71 bits per heavy atom. The van der Waals surface area contributed by atoms with Crippen LogP contribution in [0.15, 0.2) is 30.3 Å². The third-order valence-electron chi connectivity index (χ3n) is 2.78. The smallest absolute Gasteiger partial charge is 0.335 e. The van der Waals surface area contributed by atoms with E-state index in [0.717, 1.165) is 21.9 Å². The minimum atomic E-state index is -0.371. The van der Waals surface area contributed by atoms with Gasteiger partial charge in [0.2, 0.25) is 0 Å². The van der Waals surface area contributed by atoms with Crippen LogP contribution in [0.3, 0.4) is 0 Å². The first kappa shape index (κ1) is 16.6. The molecule has 0 fully saturated rings. The van der Waals surface area contributed by atoms with Gasteiger partial charge in [0, 0.05) is 19.7 Å². The van der Waals surface area contributed by atoms with Gasteiger partial charge >= 0.3 is 6.03 Å². The van der Waals surface area contributed by atoms with Crippen molar-refractivity contribution in [1.82, 2.24) is 15.8 Å². The van der Waals surface area contributed by atoms with Crippen molar-refractivity contribution >= 4 is 17.5 Å². The summed E-state index contributed by atoms with van der Waals surface area (Å²) in [6, 6.07) is 7.05. The van der Waals surface area contributed by atoms with Crippen molar-refractivity contribution < 1.29 is 14.3 Å². The maximum Gasteiger partial charge on any atom is 0.335 e. The maximum atomic E-state index is 11.9. The quantitative estimate of drug-likeness (QED) is 0.656. The number of rotatable bonds is 4. The largest absolute Gasteiger partial charge is 0.497 e. The molecule has 6 nitrogen and oxygen atoms in total. The molecule has 0 saturated carbocycles. The molecule has 0 unspecified atom stereocenters. The van der Waals surface area contributed by atoms with E-state index in [2.05, 4.69) is 10.7 Å². The number of ether oxygens (including phenoxy) is 1. The van der Waals surface area contributed by atoms with Crippen LogP contribution in [0.4, 0.5) is 4.79 Å². The minimum absolute atomic E-state index is 0.363. The van der Waals surface area contributed by atoms with E-state index < -0.39 is 0 Å². The number of methoxy groups -OCH3 is 1.